The third-order valence-corrected chi connectivity index (χ3v) is 4.53. The van der Waals surface area contributed by atoms with Gasteiger partial charge in [-0.1, -0.05) is 30.7 Å². The second-order valence-electron chi connectivity index (χ2n) is 3.99. The molecule has 0 saturated carbocycles. The summed E-state index contributed by atoms with van der Waals surface area (Å²) in [6, 6.07) is 4.10. The number of thiophene rings is 1. The molecule has 0 aromatic carbocycles. The molecule has 2 heterocycles. The van der Waals surface area contributed by atoms with Crippen molar-refractivity contribution in [1.29, 1.82) is 0 Å². The van der Waals surface area contributed by atoms with E-state index in [-0.39, 0.29) is 11.9 Å². The van der Waals surface area contributed by atoms with Crippen LogP contribution in [0.15, 0.2) is 17.5 Å². The molecule has 0 saturated heterocycles. The molecule has 1 atom stereocenters. The Balaban J connectivity index is 2.06. The van der Waals surface area contributed by atoms with Crippen LogP contribution in [0.1, 0.15) is 40.5 Å². The van der Waals surface area contributed by atoms with Gasteiger partial charge in [-0.25, -0.2) is 0 Å². The minimum atomic E-state index is -0.161. The van der Waals surface area contributed by atoms with E-state index in [9.17, 15) is 4.79 Å². The number of hydrogen-bond acceptors (Lipinski definition) is 6. The monoisotopic (exact) mass is 296 g/mol. The molecule has 2 rings (SSSR count). The first kappa shape index (κ1) is 14.0. The number of amides is 1. The second-order valence-corrected chi connectivity index (χ2v) is 5.95. The van der Waals surface area contributed by atoms with Crippen LogP contribution >= 0.6 is 22.7 Å². The van der Waals surface area contributed by atoms with Crippen LogP contribution in [0.4, 0.5) is 5.13 Å². The zero-order valence-electron chi connectivity index (χ0n) is 10.8. The van der Waals surface area contributed by atoms with Gasteiger partial charge < -0.3 is 10.6 Å². The van der Waals surface area contributed by atoms with E-state index in [1.54, 1.807) is 18.4 Å². The number of nitrogens with zero attached hydrogens (tertiary/aromatic N) is 2. The average molecular weight is 296 g/mol. The summed E-state index contributed by atoms with van der Waals surface area (Å²) in [5.41, 5.74) is 0. The van der Waals surface area contributed by atoms with Crippen molar-refractivity contribution in [2.45, 2.75) is 25.8 Å². The fraction of sp³-hybridized carbons (Fsp3) is 0.417. The molecule has 102 valence electrons. The molecule has 1 amide bonds. The molecule has 7 heteroatoms. The average Bonchev–Trinajstić information content (AvgIpc) is 3.09. The highest BCUT2D eigenvalue weighted by Crippen LogP contribution is 2.24. The summed E-state index contributed by atoms with van der Waals surface area (Å²) >= 11 is 2.91. The van der Waals surface area contributed by atoms with Gasteiger partial charge in [0, 0.05) is 11.9 Å². The van der Waals surface area contributed by atoms with Gasteiger partial charge >= 0.3 is 0 Å². The summed E-state index contributed by atoms with van der Waals surface area (Å²) in [6.07, 6.45) is 1.94. The summed E-state index contributed by atoms with van der Waals surface area (Å²) in [7, 11) is 1.76. The molecule has 2 aromatic rings. The molecular formula is C12H16N4OS2. The lowest BCUT2D eigenvalue weighted by molar-refractivity contribution is 0.0934. The lowest BCUT2D eigenvalue weighted by atomic mass is 10.1. The zero-order valence-corrected chi connectivity index (χ0v) is 12.5. The van der Waals surface area contributed by atoms with E-state index in [1.807, 2.05) is 17.5 Å². The van der Waals surface area contributed by atoms with Gasteiger partial charge in [-0.05, 0) is 17.9 Å². The summed E-state index contributed by atoms with van der Waals surface area (Å²) in [5.74, 6) is -0.161. The Labute approximate surface area is 120 Å². The molecule has 0 radical (unpaired) electrons. The maximum Gasteiger partial charge on any atom is 0.282 e. The standard InChI is InChI=1S/C12H16N4OS2/c1-3-5-8(9-6-4-7-18-9)14-10(17)11-15-16-12(13-2)19-11/h4,6-8H,3,5H2,1-2H3,(H,13,16)(H,14,17). The summed E-state index contributed by atoms with van der Waals surface area (Å²) in [6.45, 7) is 2.11. The predicted octanol–water partition coefficient (Wildman–Crippen LogP) is 2.91. The Hall–Kier alpha value is -1.47. The lowest BCUT2D eigenvalue weighted by Crippen LogP contribution is -2.27. The summed E-state index contributed by atoms with van der Waals surface area (Å²) in [4.78, 5) is 13.3. The van der Waals surface area contributed by atoms with Crippen LogP contribution in [0.25, 0.3) is 0 Å². The van der Waals surface area contributed by atoms with Gasteiger partial charge in [-0.2, -0.15) is 0 Å². The number of rotatable bonds is 6. The SMILES string of the molecule is CCCC(NC(=O)c1nnc(NC)s1)c1cccs1. The van der Waals surface area contributed by atoms with E-state index in [2.05, 4.69) is 27.8 Å². The number of carbonyl (C=O) groups excluding carboxylic acids is 1. The summed E-state index contributed by atoms with van der Waals surface area (Å²) in [5, 5.41) is 16.7. The highest BCUT2D eigenvalue weighted by Gasteiger charge is 2.18. The molecule has 0 bridgehead atoms. The summed E-state index contributed by atoms with van der Waals surface area (Å²) < 4.78 is 0. The minimum Gasteiger partial charge on any atom is -0.363 e. The van der Waals surface area contributed by atoms with Crippen LogP contribution in [0, 0.1) is 0 Å². The maximum atomic E-state index is 12.1. The van der Waals surface area contributed by atoms with Gasteiger partial charge in [0.1, 0.15) is 0 Å². The molecular weight excluding hydrogens is 280 g/mol. The smallest absolute Gasteiger partial charge is 0.282 e. The Morgan fingerprint density at radius 2 is 2.32 bits per heavy atom. The molecule has 0 aliphatic heterocycles. The van der Waals surface area contributed by atoms with E-state index in [0.717, 1.165) is 12.8 Å². The van der Waals surface area contributed by atoms with Crippen molar-refractivity contribution in [2.75, 3.05) is 12.4 Å². The van der Waals surface area contributed by atoms with Gasteiger partial charge in [0.15, 0.2) is 0 Å². The third-order valence-electron chi connectivity index (χ3n) is 2.60. The van der Waals surface area contributed by atoms with E-state index >= 15 is 0 Å². The molecule has 0 spiro atoms. The van der Waals surface area contributed by atoms with Crippen molar-refractivity contribution in [2.24, 2.45) is 0 Å². The number of carbonyl (C=O) groups is 1. The van der Waals surface area contributed by atoms with Gasteiger partial charge in [-0.15, -0.1) is 21.5 Å². The van der Waals surface area contributed by atoms with E-state index < -0.39 is 0 Å². The van der Waals surface area contributed by atoms with Crippen molar-refractivity contribution in [3.63, 3.8) is 0 Å². The first-order valence-electron chi connectivity index (χ1n) is 6.10. The van der Waals surface area contributed by atoms with Crippen LogP contribution in [0.3, 0.4) is 0 Å². The van der Waals surface area contributed by atoms with Crippen molar-refractivity contribution in [3.05, 3.63) is 27.4 Å². The number of anilines is 1. The molecule has 5 nitrogen and oxygen atoms in total. The molecule has 0 aliphatic carbocycles. The van der Waals surface area contributed by atoms with Crippen LogP contribution in [0.2, 0.25) is 0 Å². The first-order valence-corrected chi connectivity index (χ1v) is 7.79. The highest BCUT2D eigenvalue weighted by molar-refractivity contribution is 7.17. The number of aromatic nitrogens is 2. The van der Waals surface area contributed by atoms with Crippen molar-refractivity contribution in [3.8, 4) is 0 Å². The van der Waals surface area contributed by atoms with Crippen molar-refractivity contribution >= 4 is 33.7 Å². The van der Waals surface area contributed by atoms with Crippen molar-refractivity contribution < 1.29 is 4.79 Å². The second kappa shape index (κ2) is 6.63. The van der Waals surface area contributed by atoms with Gasteiger partial charge in [0.25, 0.3) is 5.91 Å². The fourth-order valence-corrected chi connectivity index (χ4v) is 3.11. The maximum absolute atomic E-state index is 12.1. The minimum absolute atomic E-state index is 0.0550. The zero-order chi connectivity index (χ0) is 13.7. The number of hydrogen-bond donors (Lipinski definition) is 2. The van der Waals surface area contributed by atoms with Crippen LogP contribution in [0.5, 0.6) is 0 Å². The Morgan fingerprint density at radius 3 is 2.89 bits per heavy atom. The van der Waals surface area contributed by atoms with E-state index in [4.69, 9.17) is 0 Å². The van der Waals surface area contributed by atoms with Crippen LogP contribution in [-0.4, -0.2) is 23.2 Å². The van der Waals surface area contributed by atoms with Gasteiger partial charge in [0.05, 0.1) is 6.04 Å². The normalized spacial score (nSPS) is 12.1. The topological polar surface area (TPSA) is 66.9 Å². The number of nitrogens with one attached hydrogen (secondary N) is 2. The third kappa shape index (κ3) is 3.51. The van der Waals surface area contributed by atoms with Gasteiger partial charge in [0.2, 0.25) is 10.1 Å². The molecule has 0 fully saturated rings. The molecule has 2 aromatic heterocycles. The predicted molar refractivity (Wildman–Crippen MR) is 78.9 cm³/mol. The molecule has 2 N–H and O–H groups in total. The Morgan fingerprint density at radius 1 is 1.47 bits per heavy atom. The quantitative estimate of drug-likeness (QED) is 0.860. The molecule has 19 heavy (non-hydrogen) atoms. The van der Waals surface area contributed by atoms with E-state index in [0.29, 0.717) is 10.1 Å². The van der Waals surface area contributed by atoms with Crippen LogP contribution < -0.4 is 10.6 Å². The van der Waals surface area contributed by atoms with Gasteiger partial charge in [-0.3, -0.25) is 4.79 Å². The Kier molecular flexibility index (Phi) is 4.86. The first-order chi connectivity index (χ1) is 9.24. The largest absolute Gasteiger partial charge is 0.363 e. The fourth-order valence-electron chi connectivity index (χ4n) is 1.70. The van der Waals surface area contributed by atoms with E-state index in [1.165, 1.54) is 16.2 Å². The highest BCUT2D eigenvalue weighted by atomic mass is 32.1. The molecule has 0 aliphatic rings. The molecule has 1 unspecified atom stereocenters. The Bertz CT molecular complexity index is 524. The van der Waals surface area contributed by atoms with Crippen LogP contribution in [-0.2, 0) is 0 Å². The van der Waals surface area contributed by atoms with Crippen molar-refractivity contribution in [1.82, 2.24) is 15.5 Å². The lowest BCUT2D eigenvalue weighted by Gasteiger charge is -2.15.